The second kappa shape index (κ2) is 10.1. The molecule has 2 atom stereocenters. The van der Waals surface area contributed by atoms with Crippen LogP contribution in [0.2, 0.25) is 0 Å². The summed E-state index contributed by atoms with van der Waals surface area (Å²) in [5.41, 5.74) is -0.572. The third-order valence-electron chi connectivity index (χ3n) is 5.18. The van der Waals surface area contributed by atoms with Crippen molar-refractivity contribution in [2.45, 2.75) is 57.8 Å². The highest BCUT2D eigenvalue weighted by molar-refractivity contribution is 5.90. The molecule has 4 rings (SSSR count). The number of hydrogen-bond donors (Lipinski definition) is 1. The lowest BCUT2D eigenvalue weighted by atomic mass is 10.1. The number of benzene rings is 1. The first kappa shape index (κ1) is 25.9. The number of nitrogens with one attached hydrogen (secondary N) is 1. The summed E-state index contributed by atoms with van der Waals surface area (Å²) in [5, 5.41) is 17.9. The van der Waals surface area contributed by atoms with E-state index in [1.54, 1.807) is 31.6 Å². The SMILES string of the molecule is CC(C)(C)OC(=O)N1C[C@H](NC(=O)c2nnc(-c3cccc(OC(F)(F)F)c3)o2)C[C@H]1Cn1ccnn1. The molecule has 2 amide bonds. The molecular formula is C22H24F3N7O5. The molecule has 3 aromatic rings. The molecule has 1 aliphatic rings. The molecule has 0 spiro atoms. The van der Waals surface area contributed by atoms with Gasteiger partial charge in [-0.25, -0.2) is 4.79 Å². The van der Waals surface area contributed by atoms with Crippen LogP contribution in [0.1, 0.15) is 37.9 Å². The van der Waals surface area contributed by atoms with Gasteiger partial charge in [0.25, 0.3) is 0 Å². The molecule has 1 aromatic carbocycles. The van der Waals surface area contributed by atoms with Crippen LogP contribution in [0.25, 0.3) is 11.5 Å². The number of rotatable bonds is 6. The Balaban J connectivity index is 1.44. The van der Waals surface area contributed by atoms with Crippen LogP contribution in [-0.4, -0.2) is 72.7 Å². The normalized spacial score (nSPS) is 18.1. The number of hydrogen-bond acceptors (Lipinski definition) is 9. The van der Waals surface area contributed by atoms with Crippen molar-refractivity contribution < 1.29 is 36.7 Å². The average molecular weight is 523 g/mol. The standard InChI is InChI=1S/C22H24F3N7O5/c1-21(2,3)37-20(34)32-11-14(10-15(32)12-31-8-7-26-30-31)27-17(33)19-29-28-18(35-19)13-5-4-6-16(9-13)36-22(23,24)25/h4-9,14-15H,10-12H2,1-3H3,(H,27,33)/t14-,15+/m1/s1. The zero-order chi connectivity index (χ0) is 26.8. The summed E-state index contributed by atoms with van der Waals surface area (Å²) in [6.07, 6.45) is -1.82. The van der Waals surface area contributed by atoms with Gasteiger partial charge in [-0.15, -0.1) is 28.5 Å². The van der Waals surface area contributed by atoms with Gasteiger partial charge in [-0.1, -0.05) is 11.3 Å². The molecule has 0 saturated carbocycles. The molecule has 12 nitrogen and oxygen atoms in total. The van der Waals surface area contributed by atoms with Crippen molar-refractivity contribution in [3.05, 3.63) is 42.5 Å². The lowest BCUT2D eigenvalue weighted by molar-refractivity contribution is -0.274. The van der Waals surface area contributed by atoms with Crippen molar-refractivity contribution in [1.29, 1.82) is 0 Å². The van der Waals surface area contributed by atoms with Gasteiger partial charge in [0.15, 0.2) is 0 Å². The molecule has 2 aromatic heterocycles. The van der Waals surface area contributed by atoms with Crippen molar-refractivity contribution in [2.24, 2.45) is 0 Å². The molecule has 0 radical (unpaired) electrons. The molecular weight excluding hydrogens is 499 g/mol. The number of likely N-dealkylation sites (tertiary alicyclic amines) is 1. The summed E-state index contributed by atoms with van der Waals surface area (Å²) in [5.74, 6) is -1.72. The van der Waals surface area contributed by atoms with E-state index in [1.807, 2.05) is 0 Å². The monoisotopic (exact) mass is 523 g/mol. The second-order valence-electron chi connectivity index (χ2n) is 9.31. The molecule has 37 heavy (non-hydrogen) atoms. The minimum absolute atomic E-state index is 0.137. The summed E-state index contributed by atoms with van der Waals surface area (Å²) in [6.45, 7) is 5.77. The molecule has 15 heteroatoms. The highest BCUT2D eigenvalue weighted by Gasteiger charge is 2.39. The molecule has 0 unspecified atom stereocenters. The van der Waals surface area contributed by atoms with Gasteiger partial charge in [-0.05, 0) is 45.4 Å². The van der Waals surface area contributed by atoms with E-state index in [-0.39, 0.29) is 29.9 Å². The topological polar surface area (TPSA) is 138 Å². The Morgan fingerprint density at radius 1 is 1.22 bits per heavy atom. The Kier molecular flexibility index (Phi) is 7.05. The summed E-state index contributed by atoms with van der Waals surface area (Å²) in [4.78, 5) is 27.1. The van der Waals surface area contributed by atoms with E-state index in [1.165, 1.54) is 23.2 Å². The van der Waals surface area contributed by atoms with Gasteiger partial charge in [0, 0.05) is 24.3 Å². The van der Waals surface area contributed by atoms with Gasteiger partial charge in [0.1, 0.15) is 11.4 Å². The zero-order valence-corrected chi connectivity index (χ0v) is 20.1. The number of carbonyl (C=O) groups excluding carboxylic acids is 2. The number of nitrogens with zero attached hydrogens (tertiary/aromatic N) is 6. The van der Waals surface area contributed by atoms with E-state index in [9.17, 15) is 22.8 Å². The average Bonchev–Trinajstić information content (AvgIpc) is 3.53. The first-order valence-electron chi connectivity index (χ1n) is 11.2. The largest absolute Gasteiger partial charge is 0.573 e. The van der Waals surface area contributed by atoms with E-state index in [0.29, 0.717) is 13.0 Å². The van der Waals surface area contributed by atoms with Crippen LogP contribution < -0.4 is 10.1 Å². The van der Waals surface area contributed by atoms with Crippen LogP contribution >= 0.6 is 0 Å². The van der Waals surface area contributed by atoms with E-state index in [2.05, 4.69) is 30.6 Å². The van der Waals surface area contributed by atoms with E-state index in [0.717, 1.165) is 12.1 Å². The maximum absolute atomic E-state index is 12.8. The molecule has 1 N–H and O–H groups in total. The van der Waals surface area contributed by atoms with Crippen LogP contribution in [0.5, 0.6) is 5.75 Å². The van der Waals surface area contributed by atoms with Gasteiger partial charge in [0.2, 0.25) is 5.89 Å². The minimum Gasteiger partial charge on any atom is -0.444 e. The van der Waals surface area contributed by atoms with Crippen molar-refractivity contribution in [3.8, 4) is 17.2 Å². The number of halogens is 3. The van der Waals surface area contributed by atoms with E-state index in [4.69, 9.17) is 9.15 Å². The lowest BCUT2D eigenvalue weighted by Crippen LogP contribution is -2.43. The highest BCUT2D eigenvalue weighted by Crippen LogP contribution is 2.28. The number of carbonyl (C=O) groups is 2. The summed E-state index contributed by atoms with van der Waals surface area (Å²) in [7, 11) is 0. The minimum atomic E-state index is -4.86. The van der Waals surface area contributed by atoms with Gasteiger partial charge in [0.05, 0.1) is 18.8 Å². The fraction of sp³-hybridized carbons (Fsp3) is 0.455. The molecule has 0 bridgehead atoms. The Morgan fingerprint density at radius 3 is 2.68 bits per heavy atom. The Morgan fingerprint density at radius 2 is 2.00 bits per heavy atom. The van der Waals surface area contributed by atoms with Gasteiger partial charge < -0.3 is 24.1 Å². The fourth-order valence-corrected chi connectivity index (χ4v) is 3.79. The molecule has 198 valence electrons. The Labute approximate surface area is 208 Å². The van der Waals surface area contributed by atoms with Gasteiger partial charge in [-0.3, -0.25) is 9.48 Å². The van der Waals surface area contributed by atoms with Crippen molar-refractivity contribution in [1.82, 2.24) is 35.4 Å². The summed E-state index contributed by atoms with van der Waals surface area (Å²) < 4.78 is 53.9. The fourth-order valence-electron chi connectivity index (χ4n) is 3.79. The number of alkyl halides is 3. The number of aromatic nitrogens is 5. The maximum atomic E-state index is 12.8. The predicted octanol–water partition coefficient (Wildman–Crippen LogP) is 3.03. The Hall–Kier alpha value is -4.17. The third kappa shape index (κ3) is 6.95. The van der Waals surface area contributed by atoms with Crippen molar-refractivity contribution >= 4 is 12.0 Å². The smallest absolute Gasteiger partial charge is 0.444 e. The van der Waals surface area contributed by atoms with Crippen LogP contribution in [0, 0.1) is 0 Å². The van der Waals surface area contributed by atoms with Crippen LogP contribution in [-0.2, 0) is 11.3 Å². The lowest BCUT2D eigenvalue weighted by Gasteiger charge is -2.28. The maximum Gasteiger partial charge on any atom is 0.573 e. The zero-order valence-electron chi connectivity index (χ0n) is 20.1. The summed E-state index contributed by atoms with van der Waals surface area (Å²) >= 11 is 0. The molecule has 1 fully saturated rings. The van der Waals surface area contributed by atoms with Crippen LogP contribution in [0.15, 0.2) is 41.1 Å². The first-order valence-corrected chi connectivity index (χ1v) is 11.2. The van der Waals surface area contributed by atoms with Crippen LogP contribution in [0.4, 0.5) is 18.0 Å². The van der Waals surface area contributed by atoms with Gasteiger partial charge >= 0.3 is 24.3 Å². The molecule has 1 saturated heterocycles. The highest BCUT2D eigenvalue weighted by atomic mass is 19.4. The second-order valence-corrected chi connectivity index (χ2v) is 9.31. The first-order chi connectivity index (χ1) is 17.4. The van der Waals surface area contributed by atoms with Crippen LogP contribution in [0.3, 0.4) is 0 Å². The molecule has 1 aliphatic heterocycles. The number of ether oxygens (including phenoxy) is 2. The molecule has 0 aliphatic carbocycles. The molecule has 3 heterocycles. The predicted molar refractivity (Wildman–Crippen MR) is 119 cm³/mol. The van der Waals surface area contributed by atoms with Crippen molar-refractivity contribution in [2.75, 3.05) is 6.54 Å². The van der Waals surface area contributed by atoms with E-state index < -0.39 is 35.8 Å². The van der Waals surface area contributed by atoms with Gasteiger partial charge in [-0.2, -0.15) is 0 Å². The number of amides is 2. The van der Waals surface area contributed by atoms with Crippen molar-refractivity contribution in [3.63, 3.8) is 0 Å². The summed E-state index contributed by atoms with van der Waals surface area (Å²) in [6, 6.07) is 4.13. The quantitative estimate of drug-likeness (QED) is 0.517. The Bertz CT molecular complexity index is 1240. The van der Waals surface area contributed by atoms with E-state index >= 15 is 0 Å². The third-order valence-corrected chi connectivity index (χ3v) is 5.18.